The first-order valence-corrected chi connectivity index (χ1v) is 7.58. The minimum atomic E-state index is -3.32. The summed E-state index contributed by atoms with van der Waals surface area (Å²) in [6.45, 7) is 1.40. The van der Waals surface area contributed by atoms with Crippen LogP contribution in [0.1, 0.15) is 13.3 Å². The van der Waals surface area contributed by atoms with Gasteiger partial charge in [-0.3, -0.25) is 4.79 Å². The molecule has 1 aromatic rings. The zero-order chi connectivity index (χ0) is 14.0. The zero-order valence-corrected chi connectivity index (χ0v) is 11.2. The van der Waals surface area contributed by atoms with Crippen LogP contribution in [-0.2, 0) is 14.6 Å². The zero-order valence-electron chi connectivity index (χ0n) is 10.4. The maximum absolute atomic E-state index is 11.7. The number of carbonyl (C=O) groups excluding carboxylic acids is 1. The summed E-state index contributed by atoms with van der Waals surface area (Å²) in [6, 6.07) is 4.36. The molecule has 2 rings (SSSR count). The molecule has 2 N–H and O–H groups in total. The standard InChI is InChI=1S/C12H15NO5S/c1-2-19(16,17)8-3-4-10-9(7-8)13-12(15)11(18-10)5-6-14/h3-4,7,11,14H,2,5-6H2,1H3,(H,13,15)/t11-/m0/s1. The van der Waals surface area contributed by atoms with Gasteiger partial charge in [0.2, 0.25) is 0 Å². The predicted octanol–water partition coefficient (Wildman–Crippen LogP) is 0.562. The van der Waals surface area contributed by atoms with Gasteiger partial charge in [0.1, 0.15) is 5.75 Å². The number of anilines is 1. The minimum absolute atomic E-state index is 0.00622. The molecular weight excluding hydrogens is 270 g/mol. The Morgan fingerprint density at radius 2 is 2.16 bits per heavy atom. The molecule has 0 saturated heterocycles. The second-order valence-corrected chi connectivity index (χ2v) is 6.45. The fourth-order valence-corrected chi connectivity index (χ4v) is 2.70. The third-order valence-electron chi connectivity index (χ3n) is 2.90. The summed E-state index contributed by atoms with van der Waals surface area (Å²) < 4.78 is 28.9. The molecule has 1 atom stereocenters. The molecule has 1 amide bonds. The van der Waals surface area contributed by atoms with Crippen molar-refractivity contribution in [3.63, 3.8) is 0 Å². The van der Waals surface area contributed by atoms with Gasteiger partial charge in [-0.2, -0.15) is 0 Å². The van der Waals surface area contributed by atoms with Gasteiger partial charge in [-0.15, -0.1) is 0 Å². The number of hydrogen-bond donors (Lipinski definition) is 2. The molecule has 0 radical (unpaired) electrons. The smallest absolute Gasteiger partial charge is 0.265 e. The molecule has 1 aliphatic heterocycles. The van der Waals surface area contributed by atoms with Crippen molar-refractivity contribution < 1.29 is 23.1 Å². The highest BCUT2D eigenvalue weighted by Gasteiger charge is 2.28. The van der Waals surface area contributed by atoms with Gasteiger partial charge >= 0.3 is 0 Å². The fraction of sp³-hybridized carbons (Fsp3) is 0.417. The first-order valence-electron chi connectivity index (χ1n) is 5.93. The van der Waals surface area contributed by atoms with Crippen LogP contribution in [0.4, 0.5) is 5.69 Å². The summed E-state index contributed by atoms with van der Waals surface area (Å²) in [5.41, 5.74) is 0.341. The topological polar surface area (TPSA) is 92.7 Å². The molecule has 7 heteroatoms. The predicted molar refractivity (Wildman–Crippen MR) is 68.9 cm³/mol. The van der Waals surface area contributed by atoms with E-state index in [1.54, 1.807) is 6.92 Å². The third-order valence-corrected chi connectivity index (χ3v) is 4.63. The molecule has 19 heavy (non-hydrogen) atoms. The Kier molecular flexibility index (Phi) is 3.77. The van der Waals surface area contributed by atoms with Crippen molar-refractivity contribution in [1.82, 2.24) is 0 Å². The van der Waals surface area contributed by atoms with E-state index >= 15 is 0 Å². The highest BCUT2D eigenvalue weighted by molar-refractivity contribution is 7.91. The molecule has 1 aliphatic rings. The Morgan fingerprint density at radius 1 is 1.42 bits per heavy atom. The molecule has 0 aliphatic carbocycles. The lowest BCUT2D eigenvalue weighted by Crippen LogP contribution is -2.37. The number of rotatable bonds is 4. The van der Waals surface area contributed by atoms with E-state index in [0.717, 1.165) is 0 Å². The molecular formula is C12H15NO5S. The van der Waals surface area contributed by atoms with Crippen LogP contribution in [0.15, 0.2) is 23.1 Å². The van der Waals surface area contributed by atoms with E-state index < -0.39 is 15.9 Å². The number of fused-ring (bicyclic) bond motifs is 1. The van der Waals surface area contributed by atoms with Gasteiger partial charge < -0.3 is 15.2 Å². The Bertz CT molecular complexity index is 596. The van der Waals surface area contributed by atoms with E-state index in [2.05, 4.69) is 5.32 Å². The number of benzene rings is 1. The van der Waals surface area contributed by atoms with Crippen LogP contribution in [0, 0.1) is 0 Å². The van der Waals surface area contributed by atoms with Crippen LogP contribution < -0.4 is 10.1 Å². The average Bonchev–Trinajstić information content (AvgIpc) is 2.39. The van der Waals surface area contributed by atoms with Crippen LogP contribution in [0.3, 0.4) is 0 Å². The first-order chi connectivity index (χ1) is 8.97. The lowest BCUT2D eigenvalue weighted by molar-refractivity contribution is -0.124. The lowest BCUT2D eigenvalue weighted by atomic mass is 10.2. The van der Waals surface area contributed by atoms with E-state index in [1.807, 2.05) is 0 Å². The van der Waals surface area contributed by atoms with Crippen LogP contribution in [0.2, 0.25) is 0 Å². The Morgan fingerprint density at radius 3 is 2.79 bits per heavy atom. The van der Waals surface area contributed by atoms with E-state index in [9.17, 15) is 13.2 Å². The normalized spacial score (nSPS) is 18.4. The Labute approximate surface area is 111 Å². The molecule has 0 bridgehead atoms. The summed E-state index contributed by atoms with van der Waals surface area (Å²) in [7, 11) is -3.32. The molecule has 6 nitrogen and oxygen atoms in total. The number of nitrogens with one attached hydrogen (secondary N) is 1. The van der Waals surface area contributed by atoms with Gasteiger partial charge in [-0.05, 0) is 18.2 Å². The molecule has 0 spiro atoms. The van der Waals surface area contributed by atoms with Crippen molar-refractivity contribution in [3.8, 4) is 5.75 Å². The largest absolute Gasteiger partial charge is 0.478 e. The number of amides is 1. The lowest BCUT2D eigenvalue weighted by Gasteiger charge is -2.25. The second-order valence-electron chi connectivity index (χ2n) is 4.17. The molecule has 0 saturated carbocycles. The number of ether oxygens (including phenoxy) is 1. The summed E-state index contributed by atoms with van der Waals surface area (Å²) in [5, 5.41) is 11.4. The van der Waals surface area contributed by atoms with Crippen LogP contribution in [-0.4, -0.2) is 37.9 Å². The molecule has 1 aromatic carbocycles. The van der Waals surface area contributed by atoms with Crippen molar-refractivity contribution in [2.24, 2.45) is 0 Å². The van der Waals surface area contributed by atoms with Crippen molar-refractivity contribution in [2.75, 3.05) is 17.7 Å². The van der Waals surface area contributed by atoms with Gasteiger partial charge in [0.05, 0.1) is 16.3 Å². The molecule has 104 valence electrons. The monoisotopic (exact) mass is 285 g/mol. The van der Waals surface area contributed by atoms with Crippen molar-refractivity contribution in [1.29, 1.82) is 0 Å². The van der Waals surface area contributed by atoms with Gasteiger partial charge in [-0.25, -0.2) is 8.42 Å². The van der Waals surface area contributed by atoms with E-state index in [1.165, 1.54) is 18.2 Å². The van der Waals surface area contributed by atoms with E-state index in [-0.39, 0.29) is 29.6 Å². The Hall–Kier alpha value is -1.60. The highest BCUT2D eigenvalue weighted by atomic mass is 32.2. The van der Waals surface area contributed by atoms with Crippen LogP contribution >= 0.6 is 0 Å². The minimum Gasteiger partial charge on any atom is -0.478 e. The molecule has 1 heterocycles. The first kappa shape index (κ1) is 13.8. The van der Waals surface area contributed by atoms with Gasteiger partial charge in [0.15, 0.2) is 15.9 Å². The second kappa shape index (κ2) is 5.18. The molecule has 0 fully saturated rings. The number of hydrogen-bond acceptors (Lipinski definition) is 5. The number of sulfone groups is 1. The van der Waals surface area contributed by atoms with Crippen LogP contribution in [0.5, 0.6) is 5.75 Å². The highest BCUT2D eigenvalue weighted by Crippen LogP contribution is 2.32. The maximum atomic E-state index is 11.7. The van der Waals surface area contributed by atoms with E-state index in [4.69, 9.17) is 9.84 Å². The molecule has 0 unspecified atom stereocenters. The molecule has 0 aromatic heterocycles. The van der Waals surface area contributed by atoms with Crippen molar-refractivity contribution in [3.05, 3.63) is 18.2 Å². The summed E-state index contributed by atoms with van der Waals surface area (Å²) in [5.74, 6) is 0.0222. The Balaban J connectivity index is 2.34. The van der Waals surface area contributed by atoms with Crippen molar-refractivity contribution in [2.45, 2.75) is 24.3 Å². The number of aliphatic hydroxyl groups excluding tert-OH is 1. The summed E-state index contributed by atoms with van der Waals surface area (Å²) in [4.78, 5) is 11.8. The number of aliphatic hydroxyl groups is 1. The summed E-state index contributed by atoms with van der Waals surface area (Å²) in [6.07, 6.45) is -0.550. The average molecular weight is 285 g/mol. The SMILES string of the molecule is CCS(=O)(=O)c1ccc2c(c1)NC(=O)[C@H](CCO)O2. The van der Waals surface area contributed by atoms with Gasteiger partial charge in [-0.1, -0.05) is 6.92 Å². The van der Waals surface area contributed by atoms with Crippen LogP contribution in [0.25, 0.3) is 0 Å². The number of carbonyl (C=O) groups is 1. The summed E-state index contributed by atoms with van der Waals surface area (Å²) >= 11 is 0. The van der Waals surface area contributed by atoms with Gasteiger partial charge in [0, 0.05) is 13.0 Å². The van der Waals surface area contributed by atoms with E-state index in [0.29, 0.717) is 11.4 Å². The van der Waals surface area contributed by atoms with Crippen molar-refractivity contribution >= 4 is 21.4 Å². The van der Waals surface area contributed by atoms with Gasteiger partial charge in [0.25, 0.3) is 5.91 Å². The maximum Gasteiger partial charge on any atom is 0.265 e. The quantitative estimate of drug-likeness (QED) is 0.843. The fourth-order valence-electron chi connectivity index (χ4n) is 1.80. The third kappa shape index (κ3) is 2.71.